The summed E-state index contributed by atoms with van der Waals surface area (Å²) in [6, 6.07) is 5.47. The number of aryl methyl sites for hydroxylation is 1. The van der Waals surface area contributed by atoms with Crippen LogP contribution in [-0.4, -0.2) is 26.4 Å². The van der Waals surface area contributed by atoms with Crippen molar-refractivity contribution in [2.45, 2.75) is 38.3 Å². The van der Waals surface area contributed by atoms with Gasteiger partial charge in [-0.25, -0.2) is 0 Å². The maximum atomic E-state index is 12.4. The predicted octanol–water partition coefficient (Wildman–Crippen LogP) is 5.36. The van der Waals surface area contributed by atoms with Gasteiger partial charge in [0.15, 0.2) is 11.0 Å². The Kier molecular flexibility index (Phi) is 5.99. The average Bonchev–Trinajstić information content (AvgIpc) is 3.25. The second-order valence-electron chi connectivity index (χ2n) is 7.56. The lowest BCUT2D eigenvalue weighted by atomic mass is 9.88. The number of hydrogen-bond acceptors (Lipinski definition) is 5. The molecule has 0 radical (unpaired) electrons. The van der Waals surface area contributed by atoms with E-state index in [1.807, 2.05) is 42.0 Å². The Labute approximate surface area is 183 Å². The van der Waals surface area contributed by atoms with Crippen molar-refractivity contribution in [1.29, 1.82) is 0 Å². The van der Waals surface area contributed by atoms with Crippen molar-refractivity contribution >= 4 is 46.3 Å². The number of aromatic nitrogens is 3. The van der Waals surface area contributed by atoms with Crippen LogP contribution >= 0.6 is 34.7 Å². The highest BCUT2D eigenvalue weighted by atomic mass is 35.5. The Morgan fingerprint density at radius 3 is 3.07 bits per heavy atom. The summed E-state index contributed by atoms with van der Waals surface area (Å²) in [7, 11) is 1.96. The third-order valence-corrected chi connectivity index (χ3v) is 7.59. The van der Waals surface area contributed by atoms with Crippen LogP contribution < -0.4 is 5.32 Å². The van der Waals surface area contributed by atoms with E-state index in [-0.39, 0.29) is 11.7 Å². The van der Waals surface area contributed by atoms with E-state index < -0.39 is 0 Å². The molecular formula is C21H23ClN4OS2. The zero-order valence-corrected chi connectivity index (χ0v) is 19.0. The van der Waals surface area contributed by atoms with E-state index in [1.165, 1.54) is 34.2 Å². The minimum Gasteiger partial charge on any atom is -0.325 e. The molecule has 3 aromatic rings. The largest absolute Gasteiger partial charge is 0.325 e. The number of nitrogens with one attached hydrogen (secondary N) is 1. The Morgan fingerprint density at radius 1 is 1.41 bits per heavy atom. The number of fused-ring (bicyclic) bond motifs is 1. The van der Waals surface area contributed by atoms with Crippen molar-refractivity contribution in [1.82, 2.24) is 14.8 Å². The van der Waals surface area contributed by atoms with Crippen LogP contribution in [0.25, 0.3) is 11.4 Å². The van der Waals surface area contributed by atoms with Gasteiger partial charge in [0.2, 0.25) is 5.91 Å². The van der Waals surface area contributed by atoms with Crippen molar-refractivity contribution in [3.63, 3.8) is 0 Å². The van der Waals surface area contributed by atoms with Gasteiger partial charge in [-0.15, -0.1) is 21.5 Å². The lowest BCUT2D eigenvalue weighted by Crippen LogP contribution is -2.15. The molecule has 5 nitrogen and oxygen atoms in total. The van der Waals surface area contributed by atoms with Gasteiger partial charge in [0.1, 0.15) is 0 Å². The van der Waals surface area contributed by atoms with Crippen LogP contribution in [0.3, 0.4) is 0 Å². The van der Waals surface area contributed by atoms with Gasteiger partial charge in [-0.05, 0) is 55.4 Å². The second kappa shape index (κ2) is 8.50. The van der Waals surface area contributed by atoms with Gasteiger partial charge in [-0.1, -0.05) is 36.4 Å². The van der Waals surface area contributed by atoms with Gasteiger partial charge in [0, 0.05) is 33.6 Å². The molecular weight excluding hydrogens is 424 g/mol. The quantitative estimate of drug-likeness (QED) is 0.536. The summed E-state index contributed by atoms with van der Waals surface area (Å²) in [4.78, 5) is 13.9. The number of hydrogen-bond donors (Lipinski definition) is 1. The molecule has 0 saturated carbocycles. The number of rotatable bonds is 5. The lowest BCUT2D eigenvalue weighted by Gasteiger charge is -2.18. The van der Waals surface area contributed by atoms with Crippen LogP contribution in [0.2, 0.25) is 5.02 Å². The molecule has 1 N–H and O–H groups in total. The number of benzene rings is 1. The third kappa shape index (κ3) is 4.37. The van der Waals surface area contributed by atoms with E-state index in [1.54, 1.807) is 6.07 Å². The minimum atomic E-state index is -0.0909. The Hall–Kier alpha value is -1.83. The van der Waals surface area contributed by atoms with E-state index in [9.17, 15) is 4.79 Å². The number of thiophene rings is 1. The van der Waals surface area contributed by atoms with E-state index in [0.29, 0.717) is 5.02 Å². The molecule has 4 rings (SSSR count). The first-order valence-corrected chi connectivity index (χ1v) is 11.8. The topological polar surface area (TPSA) is 59.8 Å². The molecule has 1 atom stereocenters. The molecule has 2 aromatic heterocycles. The maximum Gasteiger partial charge on any atom is 0.234 e. The van der Waals surface area contributed by atoms with Gasteiger partial charge >= 0.3 is 0 Å². The fraction of sp³-hybridized carbons (Fsp3) is 0.381. The van der Waals surface area contributed by atoms with Crippen LogP contribution in [0, 0.1) is 12.8 Å². The molecule has 152 valence electrons. The van der Waals surface area contributed by atoms with Gasteiger partial charge < -0.3 is 9.88 Å². The molecule has 2 heterocycles. The normalized spacial score (nSPS) is 15.9. The predicted molar refractivity (Wildman–Crippen MR) is 121 cm³/mol. The molecule has 29 heavy (non-hydrogen) atoms. The van der Waals surface area contributed by atoms with Crippen molar-refractivity contribution in [2.75, 3.05) is 11.1 Å². The molecule has 1 aromatic carbocycles. The second-order valence-corrected chi connectivity index (χ2v) is 9.90. The van der Waals surface area contributed by atoms with E-state index in [4.69, 9.17) is 11.6 Å². The molecule has 8 heteroatoms. The fourth-order valence-electron chi connectivity index (χ4n) is 3.59. The van der Waals surface area contributed by atoms with E-state index >= 15 is 0 Å². The van der Waals surface area contributed by atoms with Crippen molar-refractivity contribution in [3.05, 3.63) is 44.6 Å². The number of amides is 1. The first-order chi connectivity index (χ1) is 13.9. The molecule has 0 fully saturated rings. The number of carbonyl (C=O) groups is 1. The number of carbonyl (C=O) groups excluding carboxylic acids is 1. The fourth-order valence-corrected chi connectivity index (χ4v) is 5.71. The standard InChI is InChI=1S/C21H23ClN4OS2/c1-12-4-7-15-16(10-28-18(15)8-12)20-24-25-21(26(20)3)29-11-19(27)23-17-9-14(22)6-5-13(17)2/h5-6,9-10,12H,4,7-8,11H2,1-3H3,(H,23,27). The summed E-state index contributed by atoms with van der Waals surface area (Å²) in [6.45, 7) is 4.26. The molecule has 1 aliphatic rings. The van der Waals surface area contributed by atoms with Crippen molar-refractivity contribution in [3.8, 4) is 11.4 Å². The lowest BCUT2D eigenvalue weighted by molar-refractivity contribution is -0.113. The molecule has 0 spiro atoms. The molecule has 0 saturated heterocycles. The summed E-state index contributed by atoms with van der Waals surface area (Å²) < 4.78 is 1.99. The van der Waals surface area contributed by atoms with E-state index in [0.717, 1.165) is 41.0 Å². The molecule has 1 aliphatic carbocycles. The number of halogens is 1. The summed E-state index contributed by atoms with van der Waals surface area (Å²) in [5, 5.41) is 15.2. The van der Waals surface area contributed by atoms with Crippen molar-refractivity contribution < 1.29 is 4.79 Å². The Balaban J connectivity index is 1.44. The zero-order chi connectivity index (χ0) is 20.5. The third-order valence-electron chi connectivity index (χ3n) is 5.28. The van der Waals surface area contributed by atoms with Crippen LogP contribution in [0.15, 0.2) is 28.7 Å². The van der Waals surface area contributed by atoms with Gasteiger partial charge in [-0.3, -0.25) is 4.79 Å². The SMILES string of the molecule is Cc1ccc(Cl)cc1NC(=O)CSc1nnc(-c2csc3c2CCC(C)C3)n1C. The average molecular weight is 447 g/mol. The van der Waals surface area contributed by atoms with Gasteiger partial charge in [-0.2, -0.15) is 0 Å². The summed E-state index contributed by atoms with van der Waals surface area (Å²) in [5.74, 6) is 1.80. The van der Waals surface area contributed by atoms with Crippen LogP contribution in [0.4, 0.5) is 5.69 Å². The Bertz CT molecular complexity index is 1060. The first-order valence-electron chi connectivity index (χ1n) is 9.60. The smallest absolute Gasteiger partial charge is 0.234 e. The number of anilines is 1. The summed E-state index contributed by atoms with van der Waals surface area (Å²) in [6.07, 6.45) is 3.48. The molecule has 0 aliphatic heterocycles. The Morgan fingerprint density at radius 2 is 2.24 bits per heavy atom. The molecule has 0 bridgehead atoms. The maximum absolute atomic E-state index is 12.4. The van der Waals surface area contributed by atoms with E-state index in [2.05, 4.69) is 27.8 Å². The monoisotopic (exact) mass is 446 g/mol. The summed E-state index contributed by atoms with van der Waals surface area (Å²) >= 11 is 9.24. The zero-order valence-electron chi connectivity index (χ0n) is 16.7. The number of thioether (sulfide) groups is 1. The minimum absolute atomic E-state index is 0.0909. The van der Waals surface area contributed by atoms with Crippen LogP contribution in [-0.2, 0) is 24.7 Å². The highest BCUT2D eigenvalue weighted by Crippen LogP contribution is 2.38. The van der Waals surface area contributed by atoms with Crippen LogP contribution in [0.5, 0.6) is 0 Å². The number of nitrogens with zero attached hydrogens (tertiary/aromatic N) is 3. The molecule has 1 unspecified atom stereocenters. The van der Waals surface area contributed by atoms with Gasteiger partial charge in [0.25, 0.3) is 0 Å². The highest BCUT2D eigenvalue weighted by Gasteiger charge is 2.23. The molecule has 1 amide bonds. The van der Waals surface area contributed by atoms with Crippen LogP contribution in [0.1, 0.15) is 29.3 Å². The van der Waals surface area contributed by atoms with Crippen molar-refractivity contribution in [2.24, 2.45) is 13.0 Å². The van der Waals surface area contributed by atoms with Gasteiger partial charge in [0.05, 0.1) is 5.75 Å². The first kappa shape index (κ1) is 20.4. The summed E-state index contributed by atoms with van der Waals surface area (Å²) in [5.41, 5.74) is 4.33. The highest BCUT2D eigenvalue weighted by molar-refractivity contribution is 7.99.